The Kier molecular flexibility index (Phi) is 8.29. The molecule has 2 aromatic carbocycles. The number of carbonyl (C=O) groups excluding carboxylic acids is 1. The van der Waals surface area contributed by atoms with Gasteiger partial charge in [-0.15, -0.1) is 0 Å². The smallest absolute Gasteiger partial charge is 0.254 e. The van der Waals surface area contributed by atoms with Crippen molar-refractivity contribution >= 4 is 5.91 Å². The van der Waals surface area contributed by atoms with Crippen molar-refractivity contribution in [2.24, 2.45) is 5.92 Å². The number of piperidine rings is 1. The lowest BCUT2D eigenvalue weighted by Crippen LogP contribution is -2.56. The van der Waals surface area contributed by atoms with Crippen LogP contribution >= 0.6 is 0 Å². The van der Waals surface area contributed by atoms with Crippen LogP contribution in [-0.4, -0.2) is 55.0 Å². The second-order valence-corrected chi connectivity index (χ2v) is 9.49. The topological polar surface area (TPSA) is 77.5 Å². The van der Waals surface area contributed by atoms with Gasteiger partial charge < -0.3 is 29.0 Å². The summed E-state index contributed by atoms with van der Waals surface area (Å²) in [5, 5.41) is 11.6. The average molecular weight is 498 g/mol. The van der Waals surface area contributed by atoms with Gasteiger partial charge in [-0.1, -0.05) is 31.0 Å². The van der Waals surface area contributed by atoms with Crippen molar-refractivity contribution in [3.05, 3.63) is 47.5 Å². The molecule has 2 aromatic rings. The molecule has 0 spiro atoms. The van der Waals surface area contributed by atoms with E-state index < -0.39 is 5.60 Å². The van der Waals surface area contributed by atoms with Gasteiger partial charge in [0.05, 0.1) is 38.6 Å². The summed E-state index contributed by atoms with van der Waals surface area (Å²) >= 11 is 0. The minimum Gasteiger partial charge on any atom is -0.496 e. The van der Waals surface area contributed by atoms with E-state index in [0.717, 1.165) is 37.0 Å². The molecule has 1 heterocycles. The molecule has 1 amide bonds. The largest absolute Gasteiger partial charge is 0.496 e. The van der Waals surface area contributed by atoms with Gasteiger partial charge in [0, 0.05) is 23.6 Å². The number of carbonyl (C=O) groups is 1. The summed E-state index contributed by atoms with van der Waals surface area (Å²) in [6.45, 7) is 7.48. The highest BCUT2D eigenvalue weighted by Crippen LogP contribution is 2.51. The summed E-state index contributed by atoms with van der Waals surface area (Å²) in [4.78, 5) is 16.1. The van der Waals surface area contributed by atoms with Gasteiger partial charge in [0.15, 0.2) is 11.5 Å². The molecule has 0 aromatic heterocycles. The van der Waals surface area contributed by atoms with Crippen molar-refractivity contribution < 1.29 is 28.8 Å². The average Bonchev–Trinajstić information content (AvgIpc) is 2.89. The van der Waals surface area contributed by atoms with E-state index in [1.54, 1.807) is 19.2 Å². The number of hydrogen-bond donors (Lipinski definition) is 1. The van der Waals surface area contributed by atoms with Crippen LogP contribution in [0.1, 0.15) is 74.8 Å². The first kappa shape index (κ1) is 26.1. The van der Waals surface area contributed by atoms with Crippen LogP contribution in [0.5, 0.6) is 23.0 Å². The van der Waals surface area contributed by atoms with Crippen LogP contribution in [0, 0.1) is 5.92 Å². The summed E-state index contributed by atoms with van der Waals surface area (Å²) in [7, 11) is 1.65. The van der Waals surface area contributed by atoms with Crippen molar-refractivity contribution in [2.75, 3.05) is 33.5 Å². The summed E-state index contributed by atoms with van der Waals surface area (Å²) in [5.41, 5.74) is 0.623. The van der Waals surface area contributed by atoms with Crippen LogP contribution in [0.4, 0.5) is 0 Å². The first-order valence-corrected chi connectivity index (χ1v) is 13.2. The molecule has 7 heteroatoms. The van der Waals surface area contributed by atoms with Gasteiger partial charge in [-0.05, 0) is 58.2 Å². The van der Waals surface area contributed by atoms with Crippen LogP contribution in [0.15, 0.2) is 36.4 Å². The van der Waals surface area contributed by atoms with Crippen LogP contribution in [0.3, 0.4) is 0 Å². The lowest BCUT2D eigenvalue weighted by Gasteiger charge is -2.52. The van der Waals surface area contributed by atoms with Gasteiger partial charge in [0.1, 0.15) is 5.75 Å². The maximum Gasteiger partial charge on any atom is 0.254 e. The number of methoxy groups -OCH3 is 1. The van der Waals surface area contributed by atoms with Crippen molar-refractivity contribution in [2.45, 2.75) is 64.5 Å². The van der Waals surface area contributed by atoms with Gasteiger partial charge in [0.2, 0.25) is 5.75 Å². The number of fused-ring (bicyclic) bond motifs is 1. The summed E-state index contributed by atoms with van der Waals surface area (Å²) < 4.78 is 23.3. The molecule has 1 N–H and O–H groups in total. The molecule has 7 nitrogen and oxygen atoms in total. The lowest BCUT2D eigenvalue weighted by molar-refractivity contribution is -0.115. The Morgan fingerprint density at radius 1 is 0.972 bits per heavy atom. The highest BCUT2D eigenvalue weighted by Gasteiger charge is 2.51. The predicted octanol–water partition coefficient (Wildman–Crippen LogP) is 5.40. The summed E-state index contributed by atoms with van der Waals surface area (Å²) in [6.07, 6.45) is 4.22. The van der Waals surface area contributed by atoms with Crippen LogP contribution < -0.4 is 18.9 Å². The molecule has 1 saturated heterocycles. The Balaban J connectivity index is 1.80. The number of hydrogen-bond acceptors (Lipinski definition) is 6. The second-order valence-electron chi connectivity index (χ2n) is 9.49. The standard InChI is InChI=1S/C29H39NO6/c1-5-34-24-18-20(19-25(35-6-2)27(24)36-7-3)28(31)30-17-16-29(32)15-11-10-13-22(29)26(30)21-12-8-9-14-23(21)33-4/h8-9,12,14,18-19,22,26,32H,5-7,10-11,13,15-17H2,1-4H3. The van der Waals surface area contributed by atoms with Crippen LogP contribution in [0.2, 0.25) is 0 Å². The zero-order valence-corrected chi connectivity index (χ0v) is 21.9. The molecule has 1 aliphatic heterocycles. The quantitative estimate of drug-likeness (QED) is 0.500. The zero-order valence-electron chi connectivity index (χ0n) is 21.9. The minimum atomic E-state index is -0.785. The van der Waals surface area contributed by atoms with Crippen LogP contribution in [-0.2, 0) is 0 Å². The molecular weight excluding hydrogens is 458 g/mol. The van der Waals surface area contributed by atoms with E-state index >= 15 is 0 Å². The highest BCUT2D eigenvalue weighted by molar-refractivity contribution is 5.96. The van der Waals surface area contributed by atoms with E-state index in [2.05, 4.69) is 0 Å². The number of rotatable bonds is 9. The Morgan fingerprint density at radius 3 is 2.28 bits per heavy atom. The monoisotopic (exact) mass is 497 g/mol. The zero-order chi connectivity index (χ0) is 25.7. The first-order valence-electron chi connectivity index (χ1n) is 13.2. The molecule has 1 saturated carbocycles. The maximum absolute atomic E-state index is 14.2. The van der Waals surface area contributed by atoms with Gasteiger partial charge in [-0.2, -0.15) is 0 Å². The van der Waals surface area contributed by atoms with Crippen molar-refractivity contribution in [3.8, 4) is 23.0 Å². The third-order valence-corrected chi connectivity index (χ3v) is 7.44. The lowest BCUT2D eigenvalue weighted by atomic mass is 9.66. The molecule has 2 aliphatic rings. The second kappa shape index (κ2) is 11.4. The maximum atomic E-state index is 14.2. The van der Waals surface area contributed by atoms with E-state index in [-0.39, 0.29) is 17.9 Å². The number of benzene rings is 2. The number of para-hydroxylation sites is 1. The fourth-order valence-corrected chi connectivity index (χ4v) is 5.88. The molecule has 3 atom stereocenters. The Hall–Kier alpha value is -2.93. The van der Waals surface area contributed by atoms with E-state index in [9.17, 15) is 9.90 Å². The van der Waals surface area contributed by atoms with Gasteiger partial charge in [-0.25, -0.2) is 0 Å². The van der Waals surface area contributed by atoms with E-state index in [0.29, 0.717) is 55.6 Å². The van der Waals surface area contributed by atoms with E-state index in [4.69, 9.17) is 18.9 Å². The summed E-state index contributed by atoms with van der Waals surface area (Å²) in [5.74, 6) is 2.04. The molecule has 4 rings (SSSR count). The molecule has 196 valence electrons. The Labute approximate surface area is 214 Å². The predicted molar refractivity (Wildman–Crippen MR) is 138 cm³/mol. The fraction of sp³-hybridized carbons (Fsp3) is 0.552. The third-order valence-electron chi connectivity index (χ3n) is 7.44. The molecule has 0 bridgehead atoms. The minimum absolute atomic E-state index is 0.0688. The highest BCUT2D eigenvalue weighted by atomic mass is 16.5. The number of likely N-dealkylation sites (tertiary alicyclic amines) is 1. The molecule has 3 unspecified atom stereocenters. The van der Waals surface area contributed by atoms with Crippen LogP contribution in [0.25, 0.3) is 0 Å². The first-order chi connectivity index (χ1) is 17.5. The fourth-order valence-electron chi connectivity index (χ4n) is 5.88. The normalized spacial score (nSPS) is 23.5. The van der Waals surface area contributed by atoms with E-state index in [1.807, 2.05) is 49.9 Å². The SMILES string of the molecule is CCOc1cc(C(=O)N2CCC3(O)CCCCC3C2c2ccccc2OC)cc(OCC)c1OCC. The van der Waals surface area contributed by atoms with E-state index in [1.165, 1.54) is 0 Å². The Morgan fingerprint density at radius 2 is 1.64 bits per heavy atom. The van der Waals surface area contributed by atoms with Crippen molar-refractivity contribution in [3.63, 3.8) is 0 Å². The molecule has 1 aliphatic carbocycles. The van der Waals surface area contributed by atoms with Crippen molar-refractivity contribution in [1.82, 2.24) is 4.90 Å². The molecule has 0 radical (unpaired) electrons. The molecular formula is C29H39NO6. The van der Waals surface area contributed by atoms with Gasteiger partial charge in [0.25, 0.3) is 5.91 Å². The number of aliphatic hydroxyl groups is 1. The van der Waals surface area contributed by atoms with Gasteiger partial charge in [-0.3, -0.25) is 4.79 Å². The number of nitrogens with zero attached hydrogens (tertiary/aromatic N) is 1. The van der Waals surface area contributed by atoms with Gasteiger partial charge >= 0.3 is 0 Å². The van der Waals surface area contributed by atoms with Crippen molar-refractivity contribution in [1.29, 1.82) is 0 Å². The molecule has 36 heavy (non-hydrogen) atoms. The molecule has 2 fully saturated rings. The number of amides is 1. The summed E-state index contributed by atoms with van der Waals surface area (Å²) in [6, 6.07) is 11.0. The Bertz CT molecular complexity index is 1030. The number of ether oxygens (including phenoxy) is 4. The third kappa shape index (κ3) is 4.99.